The smallest absolute Gasteiger partial charge is 0.0465 e. The Kier molecular flexibility index (Phi) is 9.42. The van der Waals surface area contributed by atoms with Gasteiger partial charge in [0.2, 0.25) is 0 Å². The SMILES string of the molecule is CCCNC(CCC)C(C)CCOC. The summed E-state index contributed by atoms with van der Waals surface area (Å²) in [5.41, 5.74) is 0. The van der Waals surface area contributed by atoms with Crippen LogP contribution < -0.4 is 5.32 Å². The molecule has 1 N–H and O–H groups in total. The van der Waals surface area contributed by atoms with Gasteiger partial charge < -0.3 is 10.1 Å². The minimum absolute atomic E-state index is 0.676. The molecule has 2 atom stereocenters. The van der Waals surface area contributed by atoms with E-state index in [9.17, 15) is 0 Å². The van der Waals surface area contributed by atoms with Gasteiger partial charge in [0.1, 0.15) is 0 Å². The zero-order valence-electron chi connectivity index (χ0n) is 10.3. The van der Waals surface area contributed by atoms with Crippen molar-refractivity contribution in [1.29, 1.82) is 0 Å². The number of rotatable bonds is 9. The first kappa shape index (κ1) is 13.9. The maximum absolute atomic E-state index is 5.12. The van der Waals surface area contributed by atoms with Crippen LogP contribution in [-0.4, -0.2) is 26.3 Å². The fourth-order valence-corrected chi connectivity index (χ4v) is 1.73. The second-order valence-electron chi connectivity index (χ2n) is 4.11. The Hall–Kier alpha value is -0.0800. The molecule has 0 fully saturated rings. The van der Waals surface area contributed by atoms with Crippen molar-refractivity contribution in [1.82, 2.24) is 5.32 Å². The summed E-state index contributed by atoms with van der Waals surface area (Å²) in [6.45, 7) is 8.82. The van der Waals surface area contributed by atoms with Crippen molar-refractivity contribution in [2.45, 2.75) is 52.5 Å². The predicted molar refractivity (Wildman–Crippen MR) is 62.6 cm³/mol. The maximum atomic E-state index is 5.12. The molecule has 2 nitrogen and oxygen atoms in total. The van der Waals surface area contributed by atoms with Gasteiger partial charge in [-0.2, -0.15) is 0 Å². The number of hydrogen-bond donors (Lipinski definition) is 1. The summed E-state index contributed by atoms with van der Waals surface area (Å²) >= 11 is 0. The van der Waals surface area contributed by atoms with Gasteiger partial charge >= 0.3 is 0 Å². The van der Waals surface area contributed by atoms with E-state index in [0.29, 0.717) is 6.04 Å². The molecule has 0 aliphatic carbocycles. The summed E-state index contributed by atoms with van der Waals surface area (Å²) in [5, 5.41) is 3.62. The largest absolute Gasteiger partial charge is 0.385 e. The molecular formula is C12H27NO. The zero-order valence-corrected chi connectivity index (χ0v) is 10.3. The molecule has 0 rings (SSSR count). The molecule has 2 heteroatoms. The Morgan fingerprint density at radius 3 is 2.36 bits per heavy atom. The van der Waals surface area contributed by atoms with E-state index >= 15 is 0 Å². The van der Waals surface area contributed by atoms with Crippen molar-refractivity contribution in [2.75, 3.05) is 20.3 Å². The van der Waals surface area contributed by atoms with Crippen LogP contribution >= 0.6 is 0 Å². The Labute approximate surface area is 89.4 Å². The predicted octanol–water partition coefficient (Wildman–Crippen LogP) is 2.83. The quantitative estimate of drug-likeness (QED) is 0.619. The van der Waals surface area contributed by atoms with Crippen LogP contribution in [0, 0.1) is 5.92 Å². The van der Waals surface area contributed by atoms with Crippen LogP contribution in [0.15, 0.2) is 0 Å². The summed E-state index contributed by atoms with van der Waals surface area (Å²) in [5.74, 6) is 0.724. The van der Waals surface area contributed by atoms with Gasteiger partial charge in [-0.1, -0.05) is 27.2 Å². The molecule has 14 heavy (non-hydrogen) atoms. The highest BCUT2D eigenvalue weighted by atomic mass is 16.5. The van der Waals surface area contributed by atoms with Gasteiger partial charge in [0.25, 0.3) is 0 Å². The van der Waals surface area contributed by atoms with Gasteiger partial charge in [0.15, 0.2) is 0 Å². The van der Waals surface area contributed by atoms with Gasteiger partial charge in [-0.25, -0.2) is 0 Å². The van der Waals surface area contributed by atoms with Crippen LogP contribution in [0.1, 0.15) is 46.5 Å². The van der Waals surface area contributed by atoms with E-state index in [0.717, 1.165) is 25.5 Å². The van der Waals surface area contributed by atoms with Crippen molar-refractivity contribution in [2.24, 2.45) is 5.92 Å². The molecule has 2 unspecified atom stereocenters. The van der Waals surface area contributed by atoms with Gasteiger partial charge in [-0.15, -0.1) is 0 Å². The molecule has 0 bridgehead atoms. The van der Waals surface area contributed by atoms with E-state index in [1.165, 1.54) is 19.3 Å². The number of hydrogen-bond acceptors (Lipinski definition) is 2. The Bertz CT molecular complexity index is 117. The molecular weight excluding hydrogens is 174 g/mol. The lowest BCUT2D eigenvalue weighted by Crippen LogP contribution is -2.35. The molecule has 0 aromatic carbocycles. The Morgan fingerprint density at radius 1 is 1.14 bits per heavy atom. The summed E-state index contributed by atoms with van der Waals surface area (Å²) in [6, 6.07) is 0.676. The average Bonchev–Trinajstić information content (AvgIpc) is 2.20. The second-order valence-corrected chi connectivity index (χ2v) is 4.11. The molecule has 0 saturated heterocycles. The molecule has 0 amide bonds. The first-order chi connectivity index (χ1) is 6.76. The second kappa shape index (κ2) is 9.47. The first-order valence-electron chi connectivity index (χ1n) is 5.98. The fraction of sp³-hybridized carbons (Fsp3) is 1.00. The molecule has 0 aromatic heterocycles. The third-order valence-electron chi connectivity index (χ3n) is 2.72. The molecule has 0 aliphatic heterocycles. The number of nitrogens with one attached hydrogen (secondary N) is 1. The zero-order chi connectivity index (χ0) is 10.8. The van der Waals surface area contributed by atoms with E-state index in [1.807, 2.05) is 0 Å². The van der Waals surface area contributed by atoms with Crippen molar-refractivity contribution >= 4 is 0 Å². The van der Waals surface area contributed by atoms with Crippen LogP contribution in [0.2, 0.25) is 0 Å². The lowest BCUT2D eigenvalue weighted by molar-refractivity contribution is 0.168. The van der Waals surface area contributed by atoms with Gasteiger partial charge in [-0.05, 0) is 31.7 Å². The third-order valence-corrected chi connectivity index (χ3v) is 2.72. The standard InChI is InChI=1S/C12H27NO/c1-5-7-12(13-9-6-2)11(3)8-10-14-4/h11-13H,5-10H2,1-4H3. The molecule has 0 saturated carbocycles. The van der Waals surface area contributed by atoms with Crippen molar-refractivity contribution in [3.63, 3.8) is 0 Å². The van der Waals surface area contributed by atoms with Crippen LogP contribution in [0.25, 0.3) is 0 Å². The summed E-state index contributed by atoms with van der Waals surface area (Å²) in [4.78, 5) is 0. The number of methoxy groups -OCH3 is 1. The van der Waals surface area contributed by atoms with Gasteiger partial charge in [0.05, 0.1) is 0 Å². The van der Waals surface area contributed by atoms with Crippen LogP contribution in [0.5, 0.6) is 0 Å². The Balaban J connectivity index is 3.77. The summed E-state index contributed by atoms with van der Waals surface area (Å²) in [6.07, 6.45) is 4.93. The average molecular weight is 201 g/mol. The summed E-state index contributed by atoms with van der Waals surface area (Å²) < 4.78 is 5.12. The van der Waals surface area contributed by atoms with E-state index < -0.39 is 0 Å². The van der Waals surface area contributed by atoms with E-state index in [1.54, 1.807) is 7.11 Å². The number of ether oxygens (including phenoxy) is 1. The van der Waals surface area contributed by atoms with E-state index in [4.69, 9.17) is 4.74 Å². The van der Waals surface area contributed by atoms with Gasteiger partial charge in [0, 0.05) is 19.8 Å². The van der Waals surface area contributed by atoms with Crippen LogP contribution in [0.3, 0.4) is 0 Å². The van der Waals surface area contributed by atoms with E-state index in [2.05, 4.69) is 26.1 Å². The molecule has 0 heterocycles. The minimum atomic E-state index is 0.676. The highest BCUT2D eigenvalue weighted by molar-refractivity contribution is 4.72. The highest BCUT2D eigenvalue weighted by Gasteiger charge is 2.14. The molecule has 0 spiro atoms. The highest BCUT2D eigenvalue weighted by Crippen LogP contribution is 2.13. The van der Waals surface area contributed by atoms with Crippen molar-refractivity contribution in [3.05, 3.63) is 0 Å². The van der Waals surface area contributed by atoms with E-state index in [-0.39, 0.29) is 0 Å². The normalized spacial score (nSPS) is 15.4. The monoisotopic (exact) mass is 201 g/mol. The lowest BCUT2D eigenvalue weighted by Gasteiger charge is -2.24. The topological polar surface area (TPSA) is 21.3 Å². The molecule has 0 aliphatic rings. The Morgan fingerprint density at radius 2 is 1.86 bits per heavy atom. The molecule has 86 valence electrons. The van der Waals surface area contributed by atoms with Crippen LogP contribution in [0.4, 0.5) is 0 Å². The van der Waals surface area contributed by atoms with Crippen molar-refractivity contribution in [3.8, 4) is 0 Å². The maximum Gasteiger partial charge on any atom is 0.0465 e. The summed E-state index contributed by atoms with van der Waals surface area (Å²) in [7, 11) is 1.78. The van der Waals surface area contributed by atoms with Crippen molar-refractivity contribution < 1.29 is 4.74 Å². The third kappa shape index (κ3) is 6.39. The lowest BCUT2D eigenvalue weighted by atomic mass is 9.95. The minimum Gasteiger partial charge on any atom is -0.385 e. The van der Waals surface area contributed by atoms with Gasteiger partial charge in [-0.3, -0.25) is 0 Å². The fourth-order valence-electron chi connectivity index (χ4n) is 1.73. The first-order valence-corrected chi connectivity index (χ1v) is 5.98. The van der Waals surface area contributed by atoms with Crippen LogP contribution in [-0.2, 0) is 4.74 Å². The molecule has 0 aromatic rings. The molecule has 0 radical (unpaired) electrons.